The molecule has 2 N–H and O–H groups in total. The zero-order valence-corrected chi connectivity index (χ0v) is 16.8. The number of alkyl halides is 2. The molecule has 0 unspecified atom stereocenters. The smallest absolute Gasteiger partial charge is 0.391 e. The van der Waals surface area contributed by atoms with E-state index in [2.05, 4.69) is 5.32 Å². The lowest BCUT2D eigenvalue weighted by molar-refractivity contribution is -0.133. The van der Waals surface area contributed by atoms with Gasteiger partial charge in [-0.1, -0.05) is 0 Å². The molecule has 1 amide bonds. The first-order chi connectivity index (χ1) is 10.9. The third kappa shape index (κ3) is 5.19. The second-order valence-electron chi connectivity index (χ2n) is 4.54. The fourth-order valence-electron chi connectivity index (χ4n) is 1.57. The maximum atomic E-state index is 12.9. The first-order valence-electron chi connectivity index (χ1n) is 6.20. The van der Waals surface area contributed by atoms with Crippen LogP contribution < -0.4 is 5.32 Å². The molecule has 0 aliphatic rings. The minimum absolute atomic E-state index is 0.0231. The van der Waals surface area contributed by atoms with Gasteiger partial charge < -0.3 is 15.0 Å². The van der Waals surface area contributed by atoms with Crippen LogP contribution in [0.25, 0.3) is 0 Å². The molecule has 0 aromatic heterocycles. The highest BCUT2D eigenvalue weighted by molar-refractivity contribution is 14.1. The summed E-state index contributed by atoms with van der Waals surface area (Å²) < 4.78 is 57.9. The first kappa shape index (κ1) is 21.4. The monoisotopic (exact) mass is 588 g/mol. The second-order valence-corrected chi connectivity index (χ2v) is 8.37. The van der Waals surface area contributed by atoms with Crippen molar-refractivity contribution in [3.8, 4) is 5.75 Å². The molecule has 0 aliphatic carbocycles. The Morgan fingerprint density at radius 2 is 1.88 bits per heavy atom. The van der Waals surface area contributed by atoms with Gasteiger partial charge in [-0.15, -0.1) is 0 Å². The predicted molar refractivity (Wildman–Crippen MR) is 94.8 cm³/mol. The van der Waals surface area contributed by atoms with Crippen LogP contribution in [0.4, 0.5) is 8.78 Å². The Labute approximate surface area is 163 Å². The molecule has 134 valence electrons. The van der Waals surface area contributed by atoms with E-state index in [1.165, 1.54) is 6.07 Å². The van der Waals surface area contributed by atoms with Gasteiger partial charge in [-0.3, -0.25) is 9.59 Å². The van der Waals surface area contributed by atoms with Crippen molar-refractivity contribution in [3.05, 3.63) is 24.8 Å². The Morgan fingerprint density at radius 1 is 1.29 bits per heavy atom. The SMILES string of the molecule is O=C(NCCCC(=O)C(F)(F)S(=O)(=O)[O-])c1cc(I)cc(I)c1O. The van der Waals surface area contributed by atoms with Crippen LogP contribution in [0.2, 0.25) is 0 Å². The summed E-state index contributed by atoms with van der Waals surface area (Å²) in [5.74, 6) is -2.95. The molecule has 0 bridgehead atoms. The highest BCUT2D eigenvalue weighted by Gasteiger charge is 2.45. The summed E-state index contributed by atoms with van der Waals surface area (Å²) in [5, 5.41) is 7.13. The third-order valence-corrected chi connectivity index (χ3v) is 5.08. The van der Waals surface area contributed by atoms with Crippen LogP contribution in [0.1, 0.15) is 23.2 Å². The molecule has 0 radical (unpaired) electrons. The van der Waals surface area contributed by atoms with Gasteiger partial charge in [0.1, 0.15) is 5.75 Å². The van der Waals surface area contributed by atoms with Gasteiger partial charge in [0.25, 0.3) is 5.91 Å². The van der Waals surface area contributed by atoms with Gasteiger partial charge in [0.2, 0.25) is 5.78 Å². The fraction of sp³-hybridized carbons (Fsp3) is 0.333. The minimum atomic E-state index is -6.07. The molecule has 0 saturated heterocycles. The number of aromatic hydroxyl groups is 1. The number of phenolic OH excluding ortho intramolecular Hbond substituents is 1. The molecule has 0 fully saturated rings. The number of amides is 1. The molecule has 1 rings (SSSR count). The molecule has 0 heterocycles. The molecule has 1 aromatic rings. The van der Waals surface area contributed by atoms with Crippen LogP contribution in [0, 0.1) is 7.14 Å². The van der Waals surface area contributed by atoms with Crippen LogP contribution in [0.3, 0.4) is 0 Å². The van der Waals surface area contributed by atoms with Crippen molar-refractivity contribution in [2.45, 2.75) is 18.1 Å². The quantitative estimate of drug-likeness (QED) is 0.285. The van der Waals surface area contributed by atoms with Crippen molar-refractivity contribution in [3.63, 3.8) is 0 Å². The van der Waals surface area contributed by atoms with Crippen molar-refractivity contribution in [2.75, 3.05) is 6.54 Å². The van der Waals surface area contributed by atoms with E-state index in [0.717, 1.165) is 0 Å². The largest absolute Gasteiger partial charge is 0.743 e. The lowest BCUT2D eigenvalue weighted by atomic mass is 10.2. The van der Waals surface area contributed by atoms with Gasteiger partial charge in [0.05, 0.1) is 9.13 Å². The number of hydrogen-bond donors (Lipinski definition) is 2. The Morgan fingerprint density at radius 3 is 2.42 bits per heavy atom. The lowest BCUT2D eigenvalue weighted by Gasteiger charge is -2.18. The molecule has 24 heavy (non-hydrogen) atoms. The average Bonchev–Trinajstić information content (AvgIpc) is 2.45. The molecular formula is C12H10F2I2NO6S-. The summed E-state index contributed by atoms with van der Waals surface area (Å²) >= 11 is 3.77. The summed E-state index contributed by atoms with van der Waals surface area (Å²) in [6.45, 7) is -0.221. The normalized spacial score (nSPS) is 12.0. The van der Waals surface area contributed by atoms with E-state index in [0.29, 0.717) is 7.14 Å². The zero-order valence-electron chi connectivity index (χ0n) is 11.7. The Kier molecular flexibility index (Phi) is 7.30. The van der Waals surface area contributed by atoms with Crippen LogP contribution in [-0.4, -0.2) is 41.6 Å². The van der Waals surface area contributed by atoms with E-state index in [9.17, 15) is 36.4 Å². The summed E-state index contributed by atoms with van der Waals surface area (Å²) in [7, 11) is -6.07. The van der Waals surface area contributed by atoms with Crippen LogP contribution in [-0.2, 0) is 14.9 Å². The van der Waals surface area contributed by atoms with E-state index in [1.807, 2.05) is 45.2 Å². The van der Waals surface area contributed by atoms with E-state index < -0.39 is 33.5 Å². The van der Waals surface area contributed by atoms with Crippen molar-refractivity contribution < 1.29 is 36.4 Å². The third-order valence-electron chi connectivity index (χ3n) is 2.78. The van der Waals surface area contributed by atoms with Crippen molar-refractivity contribution in [2.24, 2.45) is 0 Å². The number of hydrogen-bond acceptors (Lipinski definition) is 6. The number of carbonyl (C=O) groups is 2. The molecular weight excluding hydrogens is 578 g/mol. The zero-order chi connectivity index (χ0) is 18.7. The number of nitrogens with one attached hydrogen (secondary N) is 1. The molecule has 12 heteroatoms. The summed E-state index contributed by atoms with van der Waals surface area (Å²) in [6.07, 6.45) is -1.19. The summed E-state index contributed by atoms with van der Waals surface area (Å²) in [4.78, 5) is 23.0. The number of benzene rings is 1. The number of halogens is 4. The van der Waals surface area contributed by atoms with E-state index >= 15 is 0 Å². The van der Waals surface area contributed by atoms with Crippen LogP contribution in [0.5, 0.6) is 5.75 Å². The highest BCUT2D eigenvalue weighted by Crippen LogP contribution is 2.27. The number of carbonyl (C=O) groups excluding carboxylic acids is 2. The molecule has 0 spiro atoms. The topological polar surface area (TPSA) is 124 Å². The Hall–Kier alpha value is -0.610. The molecule has 0 saturated carbocycles. The number of rotatable bonds is 7. The standard InChI is InChI=1S/C12H11F2I2NO6S/c13-12(14,24(21,22)23)9(18)2-1-3-17-11(20)7-4-6(15)5-8(16)10(7)19/h4-5,19H,1-3H2,(H,17,20)(H,21,22,23)/p-1. The maximum absolute atomic E-state index is 12.9. The first-order valence-corrected chi connectivity index (χ1v) is 9.77. The number of phenols is 1. The molecule has 1 aromatic carbocycles. The van der Waals surface area contributed by atoms with Gasteiger partial charge in [0.15, 0.2) is 10.1 Å². The average molecular weight is 588 g/mol. The van der Waals surface area contributed by atoms with E-state index in [1.54, 1.807) is 6.07 Å². The number of ketones is 1. The fourth-order valence-corrected chi connectivity index (χ4v) is 3.80. The Balaban J connectivity index is 2.61. The summed E-state index contributed by atoms with van der Waals surface area (Å²) in [6, 6.07) is 3.05. The van der Waals surface area contributed by atoms with Crippen LogP contribution >= 0.6 is 45.2 Å². The van der Waals surface area contributed by atoms with Crippen molar-refractivity contribution >= 4 is 67.0 Å². The molecule has 0 atom stereocenters. The van der Waals surface area contributed by atoms with Gasteiger partial charge >= 0.3 is 5.25 Å². The van der Waals surface area contributed by atoms with Crippen LogP contribution in [0.15, 0.2) is 12.1 Å². The van der Waals surface area contributed by atoms with Gasteiger partial charge in [-0.2, -0.15) is 8.78 Å². The highest BCUT2D eigenvalue weighted by atomic mass is 127. The van der Waals surface area contributed by atoms with Crippen molar-refractivity contribution in [1.29, 1.82) is 0 Å². The predicted octanol–water partition coefficient (Wildman–Crippen LogP) is 1.82. The van der Waals surface area contributed by atoms with Gasteiger partial charge in [-0.05, 0) is 63.7 Å². The lowest BCUT2D eigenvalue weighted by Crippen LogP contribution is -2.38. The maximum Gasteiger partial charge on any atom is 0.391 e. The van der Waals surface area contributed by atoms with Crippen molar-refractivity contribution in [1.82, 2.24) is 5.32 Å². The summed E-state index contributed by atoms with van der Waals surface area (Å²) in [5.41, 5.74) is -0.0231. The minimum Gasteiger partial charge on any atom is -0.743 e. The molecule has 7 nitrogen and oxygen atoms in total. The second kappa shape index (κ2) is 8.18. The Bertz CT molecular complexity index is 769. The van der Waals surface area contributed by atoms with E-state index in [-0.39, 0.29) is 24.3 Å². The molecule has 0 aliphatic heterocycles. The van der Waals surface area contributed by atoms with Gasteiger partial charge in [0, 0.05) is 16.5 Å². The number of Topliss-reactive ketones (excluding diaryl/α,β-unsaturated/α-hetero) is 1. The van der Waals surface area contributed by atoms with Gasteiger partial charge in [-0.25, -0.2) is 8.42 Å². The van der Waals surface area contributed by atoms with E-state index in [4.69, 9.17) is 0 Å².